The average Bonchev–Trinajstić information content (AvgIpc) is 3.27. The Balaban J connectivity index is 1.71. The summed E-state index contributed by atoms with van der Waals surface area (Å²) in [7, 11) is 0. The van der Waals surface area contributed by atoms with Gasteiger partial charge in [0.2, 0.25) is 5.16 Å². The van der Waals surface area contributed by atoms with Crippen molar-refractivity contribution in [3.8, 4) is 0 Å². The van der Waals surface area contributed by atoms with Gasteiger partial charge in [0.1, 0.15) is 0 Å². The molecule has 0 aliphatic heterocycles. The molecular formula is C16H17N5O2S2. The first-order valence-corrected chi connectivity index (χ1v) is 9.48. The summed E-state index contributed by atoms with van der Waals surface area (Å²) in [4.78, 5) is 28.4. The highest BCUT2D eigenvalue weighted by Gasteiger charge is 2.20. The van der Waals surface area contributed by atoms with Crippen molar-refractivity contribution in [1.82, 2.24) is 25.2 Å². The molecule has 0 bridgehead atoms. The second-order valence-electron chi connectivity index (χ2n) is 5.59. The van der Waals surface area contributed by atoms with Crippen molar-refractivity contribution in [3.05, 3.63) is 44.9 Å². The minimum absolute atomic E-state index is 0.0437. The van der Waals surface area contributed by atoms with Gasteiger partial charge in [-0.3, -0.25) is 9.59 Å². The van der Waals surface area contributed by atoms with Crippen LogP contribution in [0, 0.1) is 13.8 Å². The largest absolute Gasteiger partial charge is 0.355 e. The predicted molar refractivity (Wildman–Crippen MR) is 96.6 cm³/mol. The fourth-order valence-corrected chi connectivity index (χ4v) is 4.14. The molecule has 0 aliphatic carbocycles. The van der Waals surface area contributed by atoms with Crippen LogP contribution >= 0.6 is 23.1 Å². The summed E-state index contributed by atoms with van der Waals surface area (Å²) in [5, 5.41) is 14.3. The maximum absolute atomic E-state index is 12.5. The van der Waals surface area contributed by atoms with Crippen LogP contribution in [-0.4, -0.2) is 42.5 Å². The summed E-state index contributed by atoms with van der Waals surface area (Å²) in [6, 6.07) is 3.99. The van der Waals surface area contributed by atoms with Gasteiger partial charge >= 0.3 is 0 Å². The number of hydrogen-bond acceptors (Lipinski definition) is 7. The number of tetrazole rings is 1. The normalized spacial score (nSPS) is 11.0. The number of aryl methyl sites for hydroxylation is 1. The van der Waals surface area contributed by atoms with E-state index in [1.807, 2.05) is 17.5 Å². The van der Waals surface area contributed by atoms with E-state index in [9.17, 15) is 9.59 Å². The molecule has 9 heteroatoms. The standard InChI is InChI=1S/C16H17N5O2S2/c1-9-14(11(3)22)10(2)17-15(9)13(23)8-25-16-18-19-20-21(16)7-12-5-4-6-24-12/h4-6,17H,7-8H2,1-3H3. The maximum atomic E-state index is 12.5. The molecule has 3 heterocycles. The number of carbonyl (C=O) groups excluding carboxylic acids is 2. The molecular weight excluding hydrogens is 358 g/mol. The van der Waals surface area contributed by atoms with E-state index in [0.717, 1.165) is 10.6 Å². The lowest BCUT2D eigenvalue weighted by atomic mass is 10.1. The first-order chi connectivity index (χ1) is 12.0. The number of H-pyrrole nitrogens is 1. The van der Waals surface area contributed by atoms with Crippen molar-refractivity contribution in [1.29, 1.82) is 0 Å². The number of nitrogens with one attached hydrogen (secondary N) is 1. The molecule has 3 aromatic heterocycles. The Hall–Kier alpha value is -2.26. The summed E-state index contributed by atoms with van der Waals surface area (Å²) in [5.41, 5.74) is 2.50. The molecule has 130 valence electrons. The van der Waals surface area contributed by atoms with Crippen LogP contribution in [0.15, 0.2) is 22.7 Å². The molecule has 0 atom stereocenters. The molecule has 0 amide bonds. The number of nitrogens with zero attached hydrogens (tertiary/aromatic N) is 4. The van der Waals surface area contributed by atoms with Gasteiger partial charge in [-0.25, -0.2) is 4.68 Å². The summed E-state index contributed by atoms with van der Waals surface area (Å²) in [5.74, 6) is 0.0739. The van der Waals surface area contributed by atoms with Crippen molar-refractivity contribution >= 4 is 34.7 Å². The molecule has 25 heavy (non-hydrogen) atoms. The van der Waals surface area contributed by atoms with Gasteiger partial charge in [-0.15, -0.1) is 16.4 Å². The molecule has 0 saturated heterocycles. The molecule has 0 spiro atoms. The van der Waals surface area contributed by atoms with Crippen molar-refractivity contribution in [2.75, 3.05) is 5.75 Å². The predicted octanol–water partition coefficient (Wildman–Crippen LogP) is 2.91. The highest BCUT2D eigenvalue weighted by atomic mass is 32.2. The van der Waals surface area contributed by atoms with Crippen LogP contribution in [0.4, 0.5) is 0 Å². The molecule has 0 unspecified atom stereocenters. The molecule has 3 aromatic rings. The average molecular weight is 375 g/mol. The minimum Gasteiger partial charge on any atom is -0.355 e. The highest BCUT2D eigenvalue weighted by Crippen LogP contribution is 2.22. The zero-order valence-corrected chi connectivity index (χ0v) is 15.7. The minimum atomic E-state index is -0.0798. The zero-order chi connectivity index (χ0) is 18.0. The number of ketones is 2. The number of thioether (sulfide) groups is 1. The number of carbonyl (C=O) groups is 2. The molecule has 0 aromatic carbocycles. The number of aromatic nitrogens is 5. The van der Waals surface area contributed by atoms with Crippen LogP contribution in [0.5, 0.6) is 0 Å². The third-order valence-electron chi connectivity index (χ3n) is 3.79. The van der Waals surface area contributed by atoms with Crippen LogP contribution in [0.3, 0.4) is 0 Å². The lowest BCUT2D eigenvalue weighted by Crippen LogP contribution is -2.08. The summed E-state index contributed by atoms with van der Waals surface area (Å²) >= 11 is 2.92. The van der Waals surface area contributed by atoms with Crippen molar-refractivity contribution < 1.29 is 9.59 Å². The summed E-state index contributed by atoms with van der Waals surface area (Å²) in [6.07, 6.45) is 0. The molecule has 7 nitrogen and oxygen atoms in total. The number of thiophene rings is 1. The maximum Gasteiger partial charge on any atom is 0.210 e. The van der Waals surface area contributed by atoms with Crippen molar-refractivity contribution in [2.24, 2.45) is 0 Å². The van der Waals surface area contributed by atoms with Crippen LogP contribution in [0.25, 0.3) is 0 Å². The summed E-state index contributed by atoms with van der Waals surface area (Å²) in [6.45, 7) is 5.68. The van der Waals surface area contributed by atoms with Gasteiger partial charge in [-0.2, -0.15) is 0 Å². The van der Waals surface area contributed by atoms with Gasteiger partial charge in [0.05, 0.1) is 18.0 Å². The Labute approximate surface area is 152 Å². The van der Waals surface area contributed by atoms with E-state index in [-0.39, 0.29) is 17.3 Å². The van der Waals surface area contributed by atoms with Crippen LogP contribution in [0.2, 0.25) is 0 Å². The molecule has 0 radical (unpaired) electrons. The molecule has 0 aliphatic rings. The van der Waals surface area contributed by atoms with E-state index in [1.54, 1.807) is 29.9 Å². The monoisotopic (exact) mass is 375 g/mol. The highest BCUT2D eigenvalue weighted by molar-refractivity contribution is 7.99. The van der Waals surface area contributed by atoms with Gasteiger partial charge in [0, 0.05) is 16.1 Å². The fraction of sp³-hybridized carbons (Fsp3) is 0.312. The van der Waals surface area contributed by atoms with E-state index in [2.05, 4.69) is 20.5 Å². The van der Waals surface area contributed by atoms with E-state index < -0.39 is 0 Å². The second-order valence-corrected chi connectivity index (χ2v) is 7.57. The Morgan fingerprint density at radius 1 is 1.36 bits per heavy atom. The molecule has 0 fully saturated rings. The van der Waals surface area contributed by atoms with Gasteiger partial charge in [-0.1, -0.05) is 17.8 Å². The zero-order valence-electron chi connectivity index (χ0n) is 14.1. The lowest BCUT2D eigenvalue weighted by Gasteiger charge is -2.03. The number of Topliss-reactive ketones (excluding diaryl/α,β-unsaturated/α-hetero) is 2. The number of rotatable bonds is 7. The Morgan fingerprint density at radius 2 is 2.16 bits per heavy atom. The third-order valence-corrected chi connectivity index (χ3v) is 5.60. The van der Waals surface area contributed by atoms with Crippen LogP contribution in [-0.2, 0) is 6.54 Å². The molecule has 0 saturated carbocycles. The van der Waals surface area contributed by atoms with E-state index in [4.69, 9.17) is 0 Å². The van der Waals surface area contributed by atoms with Gasteiger partial charge in [0.15, 0.2) is 11.6 Å². The lowest BCUT2D eigenvalue weighted by molar-refractivity contribution is 0.101. The van der Waals surface area contributed by atoms with Gasteiger partial charge < -0.3 is 4.98 Å². The third kappa shape index (κ3) is 3.72. The van der Waals surface area contributed by atoms with Crippen LogP contribution < -0.4 is 0 Å². The van der Waals surface area contributed by atoms with Gasteiger partial charge in [0.25, 0.3) is 0 Å². The topological polar surface area (TPSA) is 93.5 Å². The Morgan fingerprint density at radius 3 is 2.80 bits per heavy atom. The van der Waals surface area contributed by atoms with Gasteiger partial charge in [-0.05, 0) is 48.2 Å². The van der Waals surface area contributed by atoms with Crippen molar-refractivity contribution in [3.63, 3.8) is 0 Å². The van der Waals surface area contributed by atoms with Crippen LogP contribution in [0.1, 0.15) is 43.9 Å². The Bertz CT molecular complexity index is 911. The number of aromatic amines is 1. The van der Waals surface area contributed by atoms with E-state index >= 15 is 0 Å². The molecule has 3 rings (SSSR count). The number of hydrogen-bond donors (Lipinski definition) is 1. The SMILES string of the molecule is CC(=O)c1c(C)[nH]c(C(=O)CSc2nnnn2Cc2cccs2)c1C. The fourth-order valence-electron chi connectivity index (χ4n) is 2.71. The summed E-state index contributed by atoms with van der Waals surface area (Å²) < 4.78 is 1.68. The first-order valence-electron chi connectivity index (χ1n) is 7.62. The van der Waals surface area contributed by atoms with Crippen molar-refractivity contribution in [2.45, 2.75) is 32.5 Å². The second kappa shape index (κ2) is 7.32. The Kier molecular flexibility index (Phi) is 5.14. The van der Waals surface area contributed by atoms with E-state index in [0.29, 0.717) is 28.5 Å². The van der Waals surface area contributed by atoms with E-state index in [1.165, 1.54) is 18.7 Å². The smallest absolute Gasteiger partial charge is 0.210 e. The molecule has 1 N–H and O–H groups in total. The quantitative estimate of drug-likeness (QED) is 0.504. The first kappa shape index (κ1) is 17.6.